The van der Waals surface area contributed by atoms with Gasteiger partial charge in [-0.3, -0.25) is 9.59 Å². The fourth-order valence-corrected chi connectivity index (χ4v) is 4.69. The zero-order chi connectivity index (χ0) is 21.1. The summed E-state index contributed by atoms with van der Waals surface area (Å²) in [6.45, 7) is 4.37. The molecule has 6 nitrogen and oxygen atoms in total. The van der Waals surface area contributed by atoms with Gasteiger partial charge in [0.2, 0.25) is 16.9 Å². The number of carbonyl (C=O) groups excluding carboxylic acids is 2. The van der Waals surface area contributed by atoms with Crippen molar-refractivity contribution in [3.05, 3.63) is 76.8 Å². The van der Waals surface area contributed by atoms with Gasteiger partial charge in [-0.1, -0.05) is 72.0 Å². The molecule has 1 saturated heterocycles. The molecule has 2 aromatic carbocycles. The molecule has 1 aliphatic rings. The third kappa shape index (κ3) is 4.26. The monoisotopic (exact) mass is 420 g/mol. The summed E-state index contributed by atoms with van der Waals surface area (Å²) in [7, 11) is 0. The Morgan fingerprint density at radius 1 is 1.03 bits per heavy atom. The predicted octanol–water partition coefficient (Wildman–Crippen LogP) is 3.91. The van der Waals surface area contributed by atoms with Crippen LogP contribution in [0.3, 0.4) is 0 Å². The van der Waals surface area contributed by atoms with E-state index in [1.54, 1.807) is 4.90 Å². The van der Waals surface area contributed by atoms with E-state index in [4.69, 9.17) is 0 Å². The third-order valence-corrected chi connectivity index (χ3v) is 6.24. The van der Waals surface area contributed by atoms with Gasteiger partial charge in [-0.25, -0.2) is 0 Å². The van der Waals surface area contributed by atoms with Gasteiger partial charge in [0.1, 0.15) is 5.01 Å². The molecule has 154 valence electrons. The minimum atomic E-state index is -0.355. The molecule has 2 amide bonds. The molecule has 0 aliphatic carbocycles. The van der Waals surface area contributed by atoms with Gasteiger partial charge in [0.05, 0.1) is 11.8 Å². The highest BCUT2D eigenvalue weighted by molar-refractivity contribution is 7.15. The maximum absolute atomic E-state index is 12.7. The average Bonchev–Trinajstić information content (AvgIpc) is 3.36. The summed E-state index contributed by atoms with van der Waals surface area (Å²) in [6.07, 6.45) is 0.242. The molecule has 4 rings (SSSR count). The molecule has 7 heteroatoms. The molecule has 1 N–H and O–H groups in total. The predicted molar refractivity (Wildman–Crippen MR) is 117 cm³/mol. The Morgan fingerprint density at radius 2 is 1.63 bits per heavy atom. The first-order valence-corrected chi connectivity index (χ1v) is 10.9. The number of carbonyl (C=O) groups is 2. The van der Waals surface area contributed by atoms with Crippen LogP contribution < -0.4 is 5.32 Å². The first kappa shape index (κ1) is 20.2. The second-order valence-electron chi connectivity index (χ2n) is 7.73. The molecule has 1 unspecified atom stereocenters. The number of anilines is 1. The molecule has 0 bridgehead atoms. The van der Waals surface area contributed by atoms with Crippen LogP contribution in [0.2, 0.25) is 0 Å². The van der Waals surface area contributed by atoms with Crippen LogP contribution in [-0.2, 0) is 9.59 Å². The molecule has 2 heterocycles. The van der Waals surface area contributed by atoms with Crippen molar-refractivity contribution in [1.82, 2.24) is 15.1 Å². The molecule has 0 radical (unpaired) electrons. The van der Waals surface area contributed by atoms with Gasteiger partial charge in [-0.05, 0) is 25.0 Å². The second kappa shape index (κ2) is 8.75. The Hall–Kier alpha value is -3.06. The Morgan fingerprint density at radius 3 is 2.17 bits per heavy atom. The molecular weight excluding hydrogens is 396 g/mol. The van der Waals surface area contributed by atoms with Crippen LogP contribution in [0.15, 0.2) is 60.7 Å². The van der Waals surface area contributed by atoms with Crippen molar-refractivity contribution in [1.29, 1.82) is 0 Å². The number of rotatable bonds is 6. The molecule has 1 atom stereocenters. The van der Waals surface area contributed by atoms with Gasteiger partial charge in [-0.15, -0.1) is 10.2 Å². The van der Waals surface area contributed by atoms with Crippen molar-refractivity contribution < 1.29 is 9.59 Å². The highest BCUT2D eigenvalue weighted by atomic mass is 32.1. The van der Waals surface area contributed by atoms with E-state index in [0.717, 1.165) is 16.1 Å². The Kier molecular flexibility index (Phi) is 5.90. The number of amides is 2. The minimum Gasteiger partial charge on any atom is -0.339 e. The maximum Gasteiger partial charge on any atom is 0.231 e. The van der Waals surface area contributed by atoms with Gasteiger partial charge in [0.25, 0.3) is 0 Å². The number of nitrogens with one attached hydrogen (secondary N) is 1. The van der Waals surface area contributed by atoms with E-state index in [1.807, 2.05) is 50.2 Å². The SMILES string of the molecule is CC(C)N1CC(C(=O)Nc2nnc(C(c3ccccc3)c3ccccc3)s2)CC1=O. The van der Waals surface area contributed by atoms with E-state index in [2.05, 4.69) is 39.8 Å². The number of aromatic nitrogens is 2. The van der Waals surface area contributed by atoms with E-state index in [0.29, 0.717) is 11.7 Å². The lowest BCUT2D eigenvalue weighted by Crippen LogP contribution is -2.33. The number of benzene rings is 2. The molecule has 1 aliphatic heterocycles. The van der Waals surface area contributed by atoms with Crippen molar-refractivity contribution >= 4 is 28.3 Å². The summed E-state index contributed by atoms with van der Waals surface area (Å²) >= 11 is 1.37. The summed E-state index contributed by atoms with van der Waals surface area (Å²) in [5.74, 6) is -0.562. The highest BCUT2D eigenvalue weighted by Crippen LogP contribution is 2.35. The third-order valence-electron chi connectivity index (χ3n) is 5.34. The topological polar surface area (TPSA) is 75.2 Å². The summed E-state index contributed by atoms with van der Waals surface area (Å²) in [4.78, 5) is 26.6. The van der Waals surface area contributed by atoms with Gasteiger partial charge in [0.15, 0.2) is 0 Å². The molecule has 1 aromatic heterocycles. The van der Waals surface area contributed by atoms with E-state index in [1.165, 1.54) is 11.3 Å². The number of hydrogen-bond acceptors (Lipinski definition) is 5. The lowest BCUT2D eigenvalue weighted by atomic mass is 9.92. The Labute approximate surface area is 180 Å². The van der Waals surface area contributed by atoms with Crippen molar-refractivity contribution in [3.8, 4) is 0 Å². The molecular formula is C23H24N4O2S. The fourth-order valence-electron chi connectivity index (χ4n) is 3.78. The van der Waals surface area contributed by atoms with Crippen LogP contribution in [0.5, 0.6) is 0 Å². The largest absolute Gasteiger partial charge is 0.339 e. The number of nitrogens with zero attached hydrogens (tertiary/aromatic N) is 3. The fraction of sp³-hybridized carbons (Fsp3) is 0.304. The van der Waals surface area contributed by atoms with Crippen molar-refractivity contribution in [2.24, 2.45) is 5.92 Å². The standard InChI is InChI=1S/C23H24N4O2S/c1-15(2)27-14-18(13-19(27)28)21(29)24-23-26-25-22(30-23)20(16-9-5-3-6-10-16)17-11-7-4-8-12-17/h3-12,15,18,20H,13-14H2,1-2H3,(H,24,26,29). The first-order chi connectivity index (χ1) is 14.5. The van der Waals surface area contributed by atoms with Gasteiger partial charge in [-0.2, -0.15) is 0 Å². The second-order valence-corrected chi connectivity index (χ2v) is 8.74. The van der Waals surface area contributed by atoms with Crippen LogP contribution in [0.1, 0.15) is 42.3 Å². The van der Waals surface area contributed by atoms with Crippen molar-refractivity contribution in [2.75, 3.05) is 11.9 Å². The number of hydrogen-bond donors (Lipinski definition) is 1. The lowest BCUT2D eigenvalue weighted by molar-refractivity contribution is -0.129. The quantitative estimate of drug-likeness (QED) is 0.656. The zero-order valence-corrected chi connectivity index (χ0v) is 17.8. The van der Waals surface area contributed by atoms with E-state index < -0.39 is 0 Å². The molecule has 3 aromatic rings. The van der Waals surface area contributed by atoms with Crippen molar-refractivity contribution in [2.45, 2.75) is 32.2 Å². The summed E-state index contributed by atoms with van der Waals surface area (Å²) in [5.41, 5.74) is 2.23. The van der Waals surface area contributed by atoms with Crippen LogP contribution >= 0.6 is 11.3 Å². The molecule has 0 spiro atoms. The van der Waals surface area contributed by atoms with Crippen LogP contribution in [0, 0.1) is 5.92 Å². The van der Waals surface area contributed by atoms with Gasteiger partial charge in [0, 0.05) is 19.0 Å². The number of likely N-dealkylation sites (tertiary alicyclic amines) is 1. The molecule has 0 saturated carbocycles. The van der Waals surface area contributed by atoms with Gasteiger partial charge >= 0.3 is 0 Å². The van der Waals surface area contributed by atoms with Crippen molar-refractivity contribution in [3.63, 3.8) is 0 Å². The van der Waals surface area contributed by atoms with Crippen LogP contribution in [-0.4, -0.2) is 39.5 Å². The highest BCUT2D eigenvalue weighted by Gasteiger charge is 2.36. The van der Waals surface area contributed by atoms with E-state index in [-0.39, 0.29) is 36.1 Å². The van der Waals surface area contributed by atoms with E-state index >= 15 is 0 Å². The van der Waals surface area contributed by atoms with Gasteiger partial charge < -0.3 is 10.2 Å². The summed E-state index contributed by atoms with van der Waals surface area (Å²) < 4.78 is 0. The smallest absolute Gasteiger partial charge is 0.231 e. The Balaban J connectivity index is 1.54. The summed E-state index contributed by atoms with van der Waals surface area (Å²) in [5, 5.41) is 12.7. The first-order valence-electron chi connectivity index (χ1n) is 10.1. The summed E-state index contributed by atoms with van der Waals surface area (Å²) in [6, 6.07) is 20.4. The Bertz CT molecular complexity index is 980. The van der Waals surface area contributed by atoms with Crippen LogP contribution in [0.25, 0.3) is 0 Å². The van der Waals surface area contributed by atoms with Crippen LogP contribution in [0.4, 0.5) is 5.13 Å². The van der Waals surface area contributed by atoms with E-state index in [9.17, 15) is 9.59 Å². The molecule has 30 heavy (non-hydrogen) atoms. The molecule has 1 fully saturated rings. The normalized spacial score (nSPS) is 16.5. The zero-order valence-electron chi connectivity index (χ0n) is 17.0. The lowest BCUT2D eigenvalue weighted by Gasteiger charge is -2.20. The average molecular weight is 421 g/mol. The minimum absolute atomic E-state index is 0.0244. The maximum atomic E-state index is 12.7.